The molecule has 0 aromatic carbocycles. The summed E-state index contributed by atoms with van der Waals surface area (Å²) >= 11 is 0. The first-order valence-electron chi connectivity index (χ1n) is 5.22. The summed E-state index contributed by atoms with van der Waals surface area (Å²) in [4.78, 5) is 9.87. The lowest BCUT2D eigenvalue weighted by atomic mass is 9.98. The average molecular weight is 186 g/mol. The van der Waals surface area contributed by atoms with Gasteiger partial charge in [-0.1, -0.05) is 40.0 Å². The zero-order valence-corrected chi connectivity index (χ0v) is 9.08. The molecule has 2 nitrogen and oxygen atoms in total. The summed E-state index contributed by atoms with van der Waals surface area (Å²) in [6.45, 7) is 7.82. The molecule has 0 N–H and O–H groups in total. The van der Waals surface area contributed by atoms with Gasteiger partial charge in [0.25, 0.3) is 6.47 Å². The number of carbonyl (C=O) groups is 1. The van der Waals surface area contributed by atoms with Gasteiger partial charge >= 0.3 is 0 Å². The Balaban J connectivity index is 3.19. The minimum Gasteiger partial charge on any atom is -0.468 e. The number of hydrogen-bond acceptors (Lipinski definition) is 2. The topological polar surface area (TPSA) is 26.3 Å². The van der Waals surface area contributed by atoms with Crippen LogP contribution in [0.15, 0.2) is 0 Å². The molecule has 0 bridgehead atoms. The van der Waals surface area contributed by atoms with Crippen LogP contribution in [0.25, 0.3) is 0 Å². The lowest BCUT2D eigenvalue weighted by Gasteiger charge is -2.11. The van der Waals surface area contributed by atoms with E-state index in [1.165, 1.54) is 19.3 Å². The van der Waals surface area contributed by atoms with Crippen molar-refractivity contribution in [3.05, 3.63) is 0 Å². The van der Waals surface area contributed by atoms with E-state index in [1.807, 2.05) is 0 Å². The lowest BCUT2D eigenvalue weighted by molar-refractivity contribution is -0.129. The number of hydrogen-bond donors (Lipinski definition) is 0. The molecule has 0 aliphatic rings. The van der Waals surface area contributed by atoms with Crippen LogP contribution in [-0.4, -0.2) is 13.1 Å². The molecule has 0 radical (unpaired) electrons. The molecular weight excluding hydrogens is 164 g/mol. The minimum absolute atomic E-state index is 0.529. The quantitative estimate of drug-likeness (QED) is 0.430. The van der Waals surface area contributed by atoms with Crippen LogP contribution in [0.2, 0.25) is 0 Å². The van der Waals surface area contributed by atoms with Gasteiger partial charge in [-0.15, -0.1) is 0 Å². The summed E-state index contributed by atoms with van der Waals surface area (Å²) < 4.78 is 4.65. The van der Waals surface area contributed by atoms with Gasteiger partial charge in [-0.25, -0.2) is 0 Å². The smallest absolute Gasteiger partial charge is 0.293 e. The Morgan fingerprint density at radius 2 is 1.85 bits per heavy atom. The van der Waals surface area contributed by atoms with Gasteiger partial charge in [-0.05, 0) is 18.3 Å². The van der Waals surface area contributed by atoms with E-state index in [9.17, 15) is 4.79 Å². The van der Waals surface area contributed by atoms with Crippen molar-refractivity contribution >= 4 is 6.47 Å². The second-order valence-corrected chi connectivity index (χ2v) is 4.19. The van der Waals surface area contributed by atoms with E-state index in [2.05, 4.69) is 25.5 Å². The summed E-state index contributed by atoms with van der Waals surface area (Å²) in [6, 6.07) is 0. The van der Waals surface area contributed by atoms with Gasteiger partial charge < -0.3 is 4.74 Å². The van der Waals surface area contributed by atoms with Crippen LogP contribution in [0, 0.1) is 11.8 Å². The molecule has 0 aliphatic heterocycles. The molecule has 0 saturated heterocycles. The maximum absolute atomic E-state index is 9.87. The highest BCUT2D eigenvalue weighted by molar-refractivity contribution is 5.36. The van der Waals surface area contributed by atoms with E-state index in [0.29, 0.717) is 19.0 Å². The largest absolute Gasteiger partial charge is 0.468 e. The van der Waals surface area contributed by atoms with Gasteiger partial charge in [0.05, 0.1) is 6.61 Å². The highest BCUT2D eigenvalue weighted by atomic mass is 16.5. The number of ether oxygens (including phenoxy) is 1. The third kappa shape index (κ3) is 9.38. The molecule has 0 fully saturated rings. The summed E-state index contributed by atoms with van der Waals surface area (Å²) in [5.74, 6) is 1.48. The van der Waals surface area contributed by atoms with Crippen LogP contribution in [0.5, 0.6) is 0 Å². The highest BCUT2D eigenvalue weighted by Crippen LogP contribution is 2.14. The molecule has 1 atom stereocenters. The van der Waals surface area contributed by atoms with E-state index in [0.717, 1.165) is 12.3 Å². The van der Waals surface area contributed by atoms with Crippen molar-refractivity contribution in [1.29, 1.82) is 0 Å². The van der Waals surface area contributed by atoms with Gasteiger partial charge in [-0.2, -0.15) is 0 Å². The summed E-state index contributed by atoms with van der Waals surface area (Å²) in [5, 5.41) is 0. The van der Waals surface area contributed by atoms with Crippen LogP contribution < -0.4 is 0 Å². The predicted molar refractivity (Wildman–Crippen MR) is 54.5 cm³/mol. The first kappa shape index (κ1) is 12.5. The normalized spacial score (nSPS) is 12.9. The van der Waals surface area contributed by atoms with Crippen LogP contribution in [0.1, 0.15) is 46.5 Å². The van der Waals surface area contributed by atoms with Gasteiger partial charge in [-0.3, -0.25) is 4.79 Å². The fourth-order valence-corrected chi connectivity index (χ4v) is 1.34. The third-order valence-corrected chi connectivity index (χ3v) is 2.27. The molecule has 78 valence electrons. The maximum Gasteiger partial charge on any atom is 0.293 e. The zero-order valence-electron chi connectivity index (χ0n) is 9.08. The van der Waals surface area contributed by atoms with Crippen molar-refractivity contribution in [2.45, 2.75) is 46.5 Å². The fraction of sp³-hybridized carbons (Fsp3) is 0.909. The van der Waals surface area contributed by atoms with Crippen molar-refractivity contribution < 1.29 is 9.53 Å². The molecular formula is C11H22O2. The molecule has 13 heavy (non-hydrogen) atoms. The van der Waals surface area contributed by atoms with E-state index < -0.39 is 0 Å². The van der Waals surface area contributed by atoms with Crippen molar-refractivity contribution in [2.24, 2.45) is 11.8 Å². The SMILES string of the molecule is CC(C)CCC[C@H](C)CCOC=O. The van der Waals surface area contributed by atoms with Gasteiger partial charge in [0.1, 0.15) is 0 Å². The van der Waals surface area contributed by atoms with Crippen LogP contribution in [0.3, 0.4) is 0 Å². The summed E-state index contributed by atoms with van der Waals surface area (Å²) in [6.07, 6.45) is 4.84. The first-order valence-corrected chi connectivity index (χ1v) is 5.22. The average Bonchev–Trinajstić information content (AvgIpc) is 2.04. The molecule has 0 rings (SSSR count). The molecule has 0 aliphatic carbocycles. The van der Waals surface area contributed by atoms with E-state index >= 15 is 0 Å². The Morgan fingerprint density at radius 3 is 2.38 bits per heavy atom. The van der Waals surface area contributed by atoms with Crippen LogP contribution in [-0.2, 0) is 9.53 Å². The summed E-state index contributed by atoms with van der Waals surface area (Å²) in [5.41, 5.74) is 0. The monoisotopic (exact) mass is 186 g/mol. The second-order valence-electron chi connectivity index (χ2n) is 4.19. The minimum atomic E-state index is 0.529. The maximum atomic E-state index is 9.87. The predicted octanol–water partition coefficient (Wildman–Crippen LogP) is 3.01. The van der Waals surface area contributed by atoms with Gasteiger partial charge in [0, 0.05) is 0 Å². The van der Waals surface area contributed by atoms with Crippen molar-refractivity contribution in [2.75, 3.05) is 6.61 Å². The Bertz CT molecular complexity index is 121. The molecule has 0 saturated carbocycles. The van der Waals surface area contributed by atoms with Crippen molar-refractivity contribution in [1.82, 2.24) is 0 Å². The fourth-order valence-electron chi connectivity index (χ4n) is 1.34. The van der Waals surface area contributed by atoms with E-state index in [4.69, 9.17) is 0 Å². The number of rotatable bonds is 8. The van der Waals surface area contributed by atoms with Crippen LogP contribution >= 0.6 is 0 Å². The van der Waals surface area contributed by atoms with Gasteiger partial charge in [0.2, 0.25) is 0 Å². The van der Waals surface area contributed by atoms with E-state index in [1.54, 1.807) is 0 Å². The molecule has 0 aromatic heterocycles. The molecule has 2 heteroatoms. The van der Waals surface area contributed by atoms with Crippen molar-refractivity contribution in [3.8, 4) is 0 Å². The molecule has 0 unspecified atom stereocenters. The number of carbonyl (C=O) groups excluding carboxylic acids is 1. The Morgan fingerprint density at radius 1 is 1.15 bits per heavy atom. The standard InChI is InChI=1S/C11H22O2/c1-10(2)5-4-6-11(3)7-8-13-9-12/h9-11H,4-8H2,1-3H3/t11-/m0/s1. The molecule has 0 amide bonds. The molecule has 0 spiro atoms. The second kappa shape index (κ2) is 8.09. The first-order chi connectivity index (χ1) is 6.16. The van der Waals surface area contributed by atoms with Gasteiger partial charge in [0.15, 0.2) is 0 Å². The van der Waals surface area contributed by atoms with E-state index in [-0.39, 0.29) is 0 Å². The molecule has 0 heterocycles. The summed E-state index contributed by atoms with van der Waals surface area (Å²) in [7, 11) is 0. The zero-order chi connectivity index (χ0) is 10.1. The Kier molecular flexibility index (Phi) is 7.76. The van der Waals surface area contributed by atoms with Crippen molar-refractivity contribution in [3.63, 3.8) is 0 Å². The highest BCUT2D eigenvalue weighted by Gasteiger charge is 2.02. The Labute approximate surface area is 81.7 Å². The lowest BCUT2D eigenvalue weighted by Crippen LogP contribution is -2.01. The Hall–Kier alpha value is -0.530. The third-order valence-electron chi connectivity index (χ3n) is 2.27. The van der Waals surface area contributed by atoms with Crippen LogP contribution in [0.4, 0.5) is 0 Å². The molecule has 0 aromatic rings.